The second-order valence-corrected chi connectivity index (χ2v) is 11.2. The molecule has 1 fully saturated rings. The molecule has 0 unspecified atom stereocenters. The van der Waals surface area contributed by atoms with Crippen molar-refractivity contribution in [2.75, 3.05) is 0 Å². The fourth-order valence-corrected chi connectivity index (χ4v) is 7.16. The van der Waals surface area contributed by atoms with Crippen molar-refractivity contribution in [3.8, 4) is 5.75 Å². The van der Waals surface area contributed by atoms with Crippen LogP contribution in [0.25, 0.3) is 9.40 Å². The molecule has 166 valence electrons. The van der Waals surface area contributed by atoms with Crippen molar-refractivity contribution in [1.82, 2.24) is 0 Å². The van der Waals surface area contributed by atoms with Gasteiger partial charge in [0.1, 0.15) is 10.6 Å². The smallest absolute Gasteiger partial charge is 0.353 e. The summed E-state index contributed by atoms with van der Waals surface area (Å²) in [6, 6.07) is 12.5. The van der Waals surface area contributed by atoms with E-state index in [1.165, 1.54) is 77.6 Å². The number of carbonyl (C=O) groups is 1. The van der Waals surface area contributed by atoms with Crippen molar-refractivity contribution < 1.29 is 9.53 Å². The van der Waals surface area contributed by atoms with Crippen LogP contribution in [0.1, 0.15) is 97.7 Å². The molecule has 0 amide bonds. The first-order chi connectivity index (χ1) is 15.2. The fourth-order valence-electron chi connectivity index (χ4n) is 4.82. The molecule has 4 rings (SSSR count). The van der Waals surface area contributed by atoms with Gasteiger partial charge in [-0.05, 0) is 80.2 Å². The third-order valence-corrected chi connectivity index (χ3v) is 8.92. The minimum atomic E-state index is -0.242. The van der Waals surface area contributed by atoms with Crippen LogP contribution in [-0.4, -0.2) is 5.97 Å². The van der Waals surface area contributed by atoms with Gasteiger partial charge >= 0.3 is 5.97 Å². The van der Waals surface area contributed by atoms with Crippen LogP contribution in [0.15, 0.2) is 36.4 Å². The van der Waals surface area contributed by atoms with Gasteiger partial charge in [-0.25, -0.2) is 4.79 Å². The number of benzene rings is 1. The summed E-state index contributed by atoms with van der Waals surface area (Å²) < 4.78 is 8.09. The molecule has 0 aliphatic heterocycles. The van der Waals surface area contributed by atoms with Crippen LogP contribution >= 0.6 is 22.7 Å². The van der Waals surface area contributed by atoms with Crippen molar-refractivity contribution >= 4 is 38.0 Å². The topological polar surface area (TPSA) is 26.3 Å². The van der Waals surface area contributed by atoms with Crippen LogP contribution in [0.5, 0.6) is 5.75 Å². The van der Waals surface area contributed by atoms with E-state index in [9.17, 15) is 4.79 Å². The third-order valence-electron chi connectivity index (χ3n) is 6.59. The molecule has 4 heteroatoms. The van der Waals surface area contributed by atoms with Gasteiger partial charge in [-0.3, -0.25) is 0 Å². The lowest BCUT2D eigenvalue weighted by molar-refractivity contribution is 0.0740. The number of esters is 1. The molecule has 2 nitrogen and oxygen atoms in total. The van der Waals surface area contributed by atoms with Gasteiger partial charge in [0.15, 0.2) is 0 Å². The van der Waals surface area contributed by atoms with E-state index in [2.05, 4.69) is 32.0 Å². The van der Waals surface area contributed by atoms with Crippen molar-refractivity contribution in [2.45, 2.75) is 84.0 Å². The van der Waals surface area contributed by atoms with Crippen LogP contribution in [0.2, 0.25) is 0 Å². The predicted octanol–water partition coefficient (Wildman–Crippen LogP) is 8.99. The SMILES string of the molecule is CCCCCc1cc2sc(C(=O)Oc3ccc(C4CCC(CCC)CC4)cc3)cc2s1. The monoisotopic (exact) mass is 454 g/mol. The summed E-state index contributed by atoms with van der Waals surface area (Å²) in [7, 11) is 0. The first-order valence-electron chi connectivity index (χ1n) is 12.0. The summed E-state index contributed by atoms with van der Waals surface area (Å²) in [6.07, 6.45) is 12.9. The molecule has 0 spiro atoms. The molecule has 3 aromatic rings. The van der Waals surface area contributed by atoms with Crippen LogP contribution in [0, 0.1) is 5.92 Å². The molecule has 0 N–H and O–H groups in total. The molecule has 31 heavy (non-hydrogen) atoms. The number of unbranched alkanes of at least 4 members (excludes halogenated alkanes) is 2. The minimum Gasteiger partial charge on any atom is -0.422 e. The van der Waals surface area contributed by atoms with Gasteiger partial charge in [-0.2, -0.15) is 0 Å². The maximum atomic E-state index is 12.7. The van der Waals surface area contributed by atoms with E-state index in [-0.39, 0.29) is 5.97 Å². The average Bonchev–Trinajstić information content (AvgIpc) is 3.34. The Balaban J connectivity index is 1.32. The number of fused-ring (bicyclic) bond motifs is 1. The second-order valence-electron chi connectivity index (χ2n) is 8.97. The highest BCUT2D eigenvalue weighted by Gasteiger charge is 2.22. The number of hydrogen-bond acceptors (Lipinski definition) is 4. The van der Waals surface area contributed by atoms with E-state index in [1.54, 1.807) is 11.3 Å². The van der Waals surface area contributed by atoms with E-state index in [4.69, 9.17) is 4.74 Å². The number of ether oxygens (including phenoxy) is 1. The highest BCUT2D eigenvalue weighted by atomic mass is 32.1. The summed E-state index contributed by atoms with van der Waals surface area (Å²) >= 11 is 3.37. The average molecular weight is 455 g/mol. The summed E-state index contributed by atoms with van der Waals surface area (Å²) in [6.45, 7) is 4.52. The van der Waals surface area contributed by atoms with Gasteiger partial charge in [-0.1, -0.05) is 51.7 Å². The molecule has 0 radical (unpaired) electrons. The van der Waals surface area contributed by atoms with Crippen LogP contribution in [-0.2, 0) is 6.42 Å². The Morgan fingerprint density at radius 2 is 1.68 bits per heavy atom. The molecule has 0 atom stereocenters. The minimum absolute atomic E-state index is 0.242. The first-order valence-corrected chi connectivity index (χ1v) is 13.6. The maximum Gasteiger partial charge on any atom is 0.353 e. The molecule has 1 aliphatic rings. The van der Waals surface area contributed by atoms with Gasteiger partial charge < -0.3 is 4.74 Å². The first kappa shape index (κ1) is 22.5. The fraction of sp³-hybridized carbons (Fsp3) is 0.519. The van der Waals surface area contributed by atoms with Gasteiger partial charge in [0, 0.05) is 14.3 Å². The molecule has 0 saturated heterocycles. The molecule has 2 aromatic heterocycles. The molecular weight excluding hydrogens is 420 g/mol. The van der Waals surface area contributed by atoms with E-state index < -0.39 is 0 Å². The second kappa shape index (κ2) is 10.8. The van der Waals surface area contributed by atoms with Crippen LogP contribution in [0.3, 0.4) is 0 Å². The number of carbonyl (C=O) groups excluding carboxylic acids is 1. The van der Waals surface area contributed by atoms with Gasteiger partial charge in [0.25, 0.3) is 0 Å². The standard InChI is InChI=1S/C27H34O2S2/c1-3-5-6-8-23-17-24-25(30-23)18-26(31-24)27(28)29-22-15-13-21(14-16-22)20-11-9-19(7-4-2)10-12-20/h13-20H,3-12H2,1-2H3. The number of aryl methyl sites for hydroxylation is 1. The number of rotatable bonds is 9. The molecule has 0 bridgehead atoms. The van der Waals surface area contributed by atoms with Crippen molar-refractivity contribution in [1.29, 1.82) is 0 Å². The van der Waals surface area contributed by atoms with E-state index in [1.807, 2.05) is 29.5 Å². The van der Waals surface area contributed by atoms with Crippen LogP contribution in [0.4, 0.5) is 0 Å². The molecule has 2 heterocycles. The number of thiophene rings is 2. The molecule has 1 aromatic carbocycles. The summed E-state index contributed by atoms with van der Waals surface area (Å²) in [4.78, 5) is 14.8. The van der Waals surface area contributed by atoms with E-state index in [0.29, 0.717) is 16.5 Å². The lowest BCUT2D eigenvalue weighted by Gasteiger charge is -2.28. The summed E-state index contributed by atoms with van der Waals surface area (Å²) in [5.74, 6) is 1.99. The third kappa shape index (κ3) is 5.78. The van der Waals surface area contributed by atoms with Gasteiger partial charge in [0.05, 0.1) is 0 Å². The van der Waals surface area contributed by atoms with Crippen molar-refractivity contribution in [2.24, 2.45) is 5.92 Å². The largest absolute Gasteiger partial charge is 0.422 e. The Kier molecular flexibility index (Phi) is 7.84. The van der Waals surface area contributed by atoms with Crippen molar-refractivity contribution in [3.63, 3.8) is 0 Å². The summed E-state index contributed by atoms with van der Waals surface area (Å²) in [5, 5.41) is 0. The van der Waals surface area contributed by atoms with Crippen LogP contribution < -0.4 is 4.74 Å². The van der Waals surface area contributed by atoms with Gasteiger partial charge in [-0.15, -0.1) is 22.7 Å². The normalized spacial score (nSPS) is 19.0. The Bertz CT molecular complexity index is 943. The van der Waals surface area contributed by atoms with Crippen molar-refractivity contribution in [3.05, 3.63) is 51.7 Å². The van der Waals surface area contributed by atoms with E-state index >= 15 is 0 Å². The lowest BCUT2D eigenvalue weighted by atomic mass is 9.77. The Morgan fingerprint density at radius 1 is 0.935 bits per heavy atom. The molecule has 1 saturated carbocycles. The highest BCUT2D eigenvalue weighted by molar-refractivity contribution is 7.28. The zero-order valence-electron chi connectivity index (χ0n) is 18.8. The van der Waals surface area contributed by atoms with Gasteiger partial charge in [0.2, 0.25) is 0 Å². The number of hydrogen-bond donors (Lipinski definition) is 0. The van der Waals surface area contributed by atoms with E-state index in [0.717, 1.165) is 12.3 Å². The predicted molar refractivity (Wildman–Crippen MR) is 134 cm³/mol. The Labute approximate surface area is 194 Å². The zero-order chi connectivity index (χ0) is 21.6. The summed E-state index contributed by atoms with van der Waals surface area (Å²) in [5.41, 5.74) is 1.39. The highest BCUT2D eigenvalue weighted by Crippen LogP contribution is 2.38. The Hall–Kier alpha value is -1.65. The molecule has 1 aliphatic carbocycles. The lowest BCUT2D eigenvalue weighted by Crippen LogP contribution is -2.13. The maximum absolute atomic E-state index is 12.7. The Morgan fingerprint density at radius 3 is 2.35 bits per heavy atom. The molecular formula is C27H34O2S2. The zero-order valence-corrected chi connectivity index (χ0v) is 20.5. The quantitative estimate of drug-likeness (QED) is 0.183.